The van der Waals surface area contributed by atoms with Gasteiger partial charge in [-0.2, -0.15) is 0 Å². The summed E-state index contributed by atoms with van der Waals surface area (Å²) >= 11 is 0. The van der Waals surface area contributed by atoms with Gasteiger partial charge >= 0.3 is 5.97 Å². The number of fused-ring (bicyclic) bond motifs is 1. The molecule has 3 aromatic rings. The lowest BCUT2D eigenvalue weighted by Crippen LogP contribution is -2.47. The number of nitrogens with two attached hydrogens (primary N) is 1. The van der Waals surface area contributed by atoms with Crippen LogP contribution in [0.1, 0.15) is 58.9 Å². The first-order valence-electron chi connectivity index (χ1n) is 11.3. The van der Waals surface area contributed by atoms with Gasteiger partial charge in [0.25, 0.3) is 0 Å². The Labute approximate surface area is 199 Å². The van der Waals surface area contributed by atoms with E-state index < -0.39 is 17.1 Å². The van der Waals surface area contributed by atoms with Crippen molar-refractivity contribution in [3.8, 4) is 5.75 Å². The lowest BCUT2D eigenvalue weighted by Gasteiger charge is -2.41. The largest absolute Gasteiger partial charge is 0.496 e. The van der Waals surface area contributed by atoms with Crippen molar-refractivity contribution in [2.24, 2.45) is 5.73 Å². The maximum atomic E-state index is 14.2. The van der Waals surface area contributed by atoms with Crippen molar-refractivity contribution in [3.05, 3.63) is 100 Å². The Bertz CT molecular complexity index is 1190. The van der Waals surface area contributed by atoms with Crippen LogP contribution in [0.15, 0.2) is 66.7 Å². The summed E-state index contributed by atoms with van der Waals surface area (Å²) in [5.41, 5.74) is 8.26. The molecule has 6 heteroatoms. The van der Waals surface area contributed by atoms with Crippen molar-refractivity contribution < 1.29 is 23.8 Å². The van der Waals surface area contributed by atoms with Crippen LogP contribution in [0.4, 0.5) is 4.39 Å². The van der Waals surface area contributed by atoms with Crippen LogP contribution in [-0.2, 0) is 23.2 Å². The molecule has 1 aliphatic rings. The maximum absolute atomic E-state index is 14.2. The molecular weight excluding hydrogens is 433 g/mol. The van der Waals surface area contributed by atoms with Crippen LogP contribution in [-0.4, -0.2) is 23.8 Å². The second-order valence-electron chi connectivity index (χ2n) is 9.64. The summed E-state index contributed by atoms with van der Waals surface area (Å²) in [5.74, 6) is -0.174. The number of methoxy groups -OCH3 is 1. The van der Waals surface area contributed by atoms with Crippen LogP contribution in [0.3, 0.4) is 0 Å². The van der Waals surface area contributed by atoms with E-state index in [0.717, 1.165) is 11.1 Å². The number of cyclic esters (lactones) is 1. The van der Waals surface area contributed by atoms with Crippen molar-refractivity contribution in [2.45, 2.75) is 50.4 Å². The zero-order chi connectivity index (χ0) is 24.5. The Morgan fingerprint density at radius 1 is 1.12 bits per heavy atom. The summed E-state index contributed by atoms with van der Waals surface area (Å²) in [4.78, 5) is 11.9. The van der Waals surface area contributed by atoms with Gasteiger partial charge < -0.3 is 20.3 Å². The average Bonchev–Trinajstić information content (AvgIpc) is 3.18. The monoisotopic (exact) mass is 463 g/mol. The Balaban J connectivity index is 1.74. The van der Waals surface area contributed by atoms with Gasteiger partial charge in [0.1, 0.15) is 18.2 Å². The SMILES string of the molecule is COc1ccc(F)cc1C(C)(C)CC(O)(Cc1ccccc1)C(N)c1ccc2c(c1)COC2=O. The fourth-order valence-electron chi connectivity index (χ4n) is 4.96. The molecule has 0 fully saturated rings. The van der Waals surface area contributed by atoms with E-state index in [1.165, 1.54) is 12.1 Å². The lowest BCUT2D eigenvalue weighted by molar-refractivity contribution is -0.0120. The van der Waals surface area contributed by atoms with E-state index in [1.54, 1.807) is 25.3 Å². The summed E-state index contributed by atoms with van der Waals surface area (Å²) < 4.78 is 24.8. The average molecular weight is 464 g/mol. The molecule has 1 heterocycles. The minimum atomic E-state index is -1.39. The smallest absolute Gasteiger partial charge is 0.338 e. The van der Waals surface area contributed by atoms with Crippen LogP contribution >= 0.6 is 0 Å². The highest BCUT2D eigenvalue weighted by atomic mass is 19.1. The zero-order valence-electron chi connectivity index (χ0n) is 19.7. The Morgan fingerprint density at radius 2 is 1.85 bits per heavy atom. The second-order valence-corrected chi connectivity index (χ2v) is 9.64. The molecular formula is C28H30FNO4. The van der Waals surface area contributed by atoms with Crippen LogP contribution in [0, 0.1) is 5.82 Å². The zero-order valence-corrected chi connectivity index (χ0v) is 19.7. The molecule has 0 amide bonds. The molecule has 4 rings (SSSR count). The van der Waals surface area contributed by atoms with Crippen molar-refractivity contribution in [1.82, 2.24) is 0 Å². The fourth-order valence-corrected chi connectivity index (χ4v) is 4.96. The number of aliphatic hydroxyl groups is 1. The fraction of sp³-hybridized carbons (Fsp3) is 0.321. The molecule has 0 bridgehead atoms. The summed E-state index contributed by atoms with van der Waals surface area (Å²) in [6, 6.07) is 18.6. The molecule has 0 aromatic heterocycles. The predicted molar refractivity (Wildman–Crippen MR) is 128 cm³/mol. The van der Waals surface area contributed by atoms with Gasteiger partial charge in [0.2, 0.25) is 0 Å². The first-order chi connectivity index (χ1) is 16.1. The van der Waals surface area contributed by atoms with Crippen LogP contribution in [0.25, 0.3) is 0 Å². The Morgan fingerprint density at radius 3 is 2.56 bits per heavy atom. The molecule has 3 N–H and O–H groups in total. The third kappa shape index (κ3) is 4.69. The minimum absolute atomic E-state index is 0.192. The van der Waals surface area contributed by atoms with Gasteiger partial charge in [-0.3, -0.25) is 0 Å². The number of ether oxygens (including phenoxy) is 2. The minimum Gasteiger partial charge on any atom is -0.496 e. The van der Waals surface area contributed by atoms with E-state index in [0.29, 0.717) is 28.9 Å². The number of hydrogen-bond donors (Lipinski definition) is 2. The number of halogens is 1. The first kappa shape index (κ1) is 23.9. The first-order valence-corrected chi connectivity index (χ1v) is 11.3. The Kier molecular flexibility index (Phi) is 6.47. The number of esters is 1. The second kappa shape index (κ2) is 9.20. The van der Waals surface area contributed by atoms with Crippen LogP contribution in [0.2, 0.25) is 0 Å². The predicted octanol–water partition coefficient (Wildman–Crippen LogP) is 4.85. The topological polar surface area (TPSA) is 81.8 Å². The van der Waals surface area contributed by atoms with Crippen molar-refractivity contribution in [1.29, 1.82) is 0 Å². The van der Waals surface area contributed by atoms with Crippen LogP contribution < -0.4 is 10.5 Å². The molecule has 34 heavy (non-hydrogen) atoms. The van der Waals surface area contributed by atoms with Crippen molar-refractivity contribution in [3.63, 3.8) is 0 Å². The van der Waals surface area contributed by atoms with Gasteiger partial charge in [0.05, 0.1) is 24.3 Å². The van der Waals surface area contributed by atoms with E-state index >= 15 is 0 Å². The lowest BCUT2D eigenvalue weighted by atomic mass is 9.69. The third-order valence-corrected chi connectivity index (χ3v) is 6.64. The summed E-state index contributed by atoms with van der Waals surface area (Å²) in [7, 11) is 1.54. The van der Waals surface area contributed by atoms with E-state index in [4.69, 9.17) is 15.2 Å². The summed E-state index contributed by atoms with van der Waals surface area (Å²) in [5, 5.41) is 12.2. The van der Waals surface area contributed by atoms with Gasteiger partial charge in [0, 0.05) is 17.5 Å². The van der Waals surface area contributed by atoms with Crippen molar-refractivity contribution in [2.75, 3.05) is 7.11 Å². The van der Waals surface area contributed by atoms with Gasteiger partial charge in [-0.1, -0.05) is 50.2 Å². The molecule has 2 atom stereocenters. The molecule has 3 aromatic carbocycles. The van der Waals surface area contributed by atoms with Crippen molar-refractivity contribution >= 4 is 5.97 Å². The molecule has 0 saturated heterocycles. The quantitative estimate of drug-likeness (QED) is 0.467. The number of hydrogen-bond acceptors (Lipinski definition) is 5. The van der Waals surface area contributed by atoms with E-state index in [1.807, 2.05) is 50.2 Å². The molecule has 2 unspecified atom stereocenters. The van der Waals surface area contributed by atoms with E-state index in [9.17, 15) is 14.3 Å². The van der Waals surface area contributed by atoms with E-state index in [2.05, 4.69) is 0 Å². The summed E-state index contributed by atoms with van der Waals surface area (Å²) in [6.07, 6.45) is 0.533. The molecule has 0 saturated carbocycles. The maximum Gasteiger partial charge on any atom is 0.338 e. The van der Waals surface area contributed by atoms with Gasteiger partial charge in [0.15, 0.2) is 0 Å². The molecule has 1 aliphatic heterocycles. The van der Waals surface area contributed by atoms with Gasteiger partial charge in [-0.15, -0.1) is 0 Å². The highest BCUT2D eigenvalue weighted by Crippen LogP contribution is 2.43. The summed E-state index contributed by atoms with van der Waals surface area (Å²) in [6.45, 7) is 4.09. The highest BCUT2D eigenvalue weighted by Gasteiger charge is 2.42. The number of rotatable bonds is 8. The Hall–Kier alpha value is -3.22. The number of carbonyl (C=O) groups is 1. The number of carbonyl (C=O) groups excluding carboxylic acids is 1. The molecule has 0 radical (unpaired) electrons. The van der Waals surface area contributed by atoms with Crippen LogP contribution in [0.5, 0.6) is 5.75 Å². The standard InChI is InChI=1S/C28H30FNO4/c1-27(2,23-14-21(29)10-12-24(23)33-3)17-28(32,15-18-7-5-4-6-8-18)25(30)19-9-11-22-20(13-19)16-34-26(22)31/h4-14,25,32H,15-17,30H2,1-3H3. The van der Waals surface area contributed by atoms with Gasteiger partial charge in [-0.05, 0) is 53.3 Å². The molecule has 0 spiro atoms. The normalized spacial score (nSPS) is 15.9. The van der Waals surface area contributed by atoms with E-state index in [-0.39, 0.29) is 24.8 Å². The third-order valence-electron chi connectivity index (χ3n) is 6.64. The van der Waals surface area contributed by atoms with Gasteiger partial charge in [-0.25, -0.2) is 9.18 Å². The highest BCUT2D eigenvalue weighted by molar-refractivity contribution is 5.93. The molecule has 0 aliphatic carbocycles. The molecule has 5 nitrogen and oxygen atoms in total. The molecule has 178 valence electrons. The number of benzene rings is 3.